The van der Waals surface area contributed by atoms with E-state index in [0.29, 0.717) is 17.5 Å². The number of hydrogen-bond acceptors (Lipinski definition) is 4. The molecule has 1 aromatic carbocycles. The molecule has 3 heterocycles. The van der Waals surface area contributed by atoms with Gasteiger partial charge in [0.1, 0.15) is 0 Å². The topological polar surface area (TPSA) is 77.5 Å². The van der Waals surface area contributed by atoms with Crippen molar-refractivity contribution in [2.45, 2.75) is 33.5 Å². The third-order valence-corrected chi connectivity index (χ3v) is 4.93. The van der Waals surface area contributed by atoms with Gasteiger partial charge in [-0.1, -0.05) is 24.3 Å². The van der Waals surface area contributed by atoms with Gasteiger partial charge in [-0.25, -0.2) is 0 Å². The summed E-state index contributed by atoms with van der Waals surface area (Å²) < 4.78 is 5.63. The number of anilines is 2. The Labute approximate surface area is 180 Å². The van der Waals surface area contributed by atoms with Crippen LogP contribution in [-0.2, 0) is 19.6 Å². The molecule has 0 saturated heterocycles. The van der Waals surface area contributed by atoms with Gasteiger partial charge in [-0.2, -0.15) is 15.3 Å². The first-order valence-electron chi connectivity index (χ1n) is 9.79. The van der Waals surface area contributed by atoms with Crippen LogP contribution in [0.15, 0.2) is 61.3 Å². The van der Waals surface area contributed by atoms with Gasteiger partial charge in [0.15, 0.2) is 10.9 Å². The smallest absolute Gasteiger partial charge is 0.176 e. The highest BCUT2D eigenvalue weighted by atomic mass is 32.1. The maximum Gasteiger partial charge on any atom is 0.176 e. The number of benzene rings is 1. The van der Waals surface area contributed by atoms with Crippen LogP contribution in [0.5, 0.6) is 0 Å². The molecule has 9 heteroatoms. The Morgan fingerprint density at radius 2 is 1.80 bits per heavy atom. The second kappa shape index (κ2) is 8.91. The van der Waals surface area contributed by atoms with Crippen molar-refractivity contribution in [2.75, 3.05) is 10.6 Å². The third kappa shape index (κ3) is 4.93. The Bertz CT molecular complexity index is 1140. The second-order valence-corrected chi connectivity index (χ2v) is 7.44. The van der Waals surface area contributed by atoms with Crippen LogP contribution in [0.25, 0.3) is 0 Å². The zero-order valence-corrected chi connectivity index (χ0v) is 17.8. The lowest BCUT2D eigenvalue weighted by Crippen LogP contribution is -2.19. The number of rotatable bonds is 7. The first kappa shape index (κ1) is 19.8. The molecule has 30 heavy (non-hydrogen) atoms. The van der Waals surface area contributed by atoms with E-state index in [9.17, 15) is 0 Å². The molecule has 0 amide bonds. The number of hydrogen-bond donors (Lipinski definition) is 2. The monoisotopic (exact) mass is 420 g/mol. The van der Waals surface area contributed by atoms with Crippen LogP contribution in [0, 0.1) is 6.92 Å². The average molecular weight is 421 g/mol. The van der Waals surface area contributed by atoms with Gasteiger partial charge in [0.25, 0.3) is 0 Å². The first-order chi connectivity index (χ1) is 14.6. The Balaban J connectivity index is 1.31. The second-order valence-electron chi connectivity index (χ2n) is 7.04. The highest BCUT2D eigenvalue weighted by Gasteiger charge is 2.06. The summed E-state index contributed by atoms with van der Waals surface area (Å²) >= 11 is 5.41. The minimum atomic E-state index is 0.467. The molecule has 0 spiro atoms. The molecule has 0 fully saturated rings. The molecular formula is C21H24N8S. The van der Waals surface area contributed by atoms with Crippen LogP contribution in [0.3, 0.4) is 0 Å². The highest BCUT2D eigenvalue weighted by molar-refractivity contribution is 7.80. The standard InChI is InChI=1S/C21H24N8S/c1-3-27-12-17(10-22-27)13-29-15-19(11-23-29)24-21(30)25-20-8-9-28(26-20)14-18-7-5-4-6-16(18)2/h4-12,15H,3,13-14H2,1-2H3,(H2,24,25,26,30). The van der Waals surface area contributed by atoms with E-state index in [0.717, 1.165) is 24.3 Å². The summed E-state index contributed by atoms with van der Waals surface area (Å²) in [7, 11) is 0. The summed E-state index contributed by atoms with van der Waals surface area (Å²) in [6.07, 6.45) is 9.47. The molecule has 0 bridgehead atoms. The van der Waals surface area contributed by atoms with E-state index in [4.69, 9.17) is 12.2 Å². The van der Waals surface area contributed by atoms with Gasteiger partial charge in [0.2, 0.25) is 0 Å². The molecule has 0 aliphatic heterocycles. The van der Waals surface area contributed by atoms with Crippen molar-refractivity contribution in [3.63, 3.8) is 0 Å². The van der Waals surface area contributed by atoms with Crippen molar-refractivity contribution >= 4 is 28.8 Å². The molecule has 8 nitrogen and oxygen atoms in total. The van der Waals surface area contributed by atoms with Crippen molar-refractivity contribution in [1.82, 2.24) is 29.3 Å². The van der Waals surface area contributed by atoms with Gasteiger partial charge in [-0.15, -0.1) is 0 Å². The van der Waals surface area contributed by atoms with Crippen LogP contribution in [0.4, 0.5) is 11.5 Å². The molecule has 4 rings (SSSR count). The van der Waals surface area contributed by atoms with E-state index in [1.165, 1.54) is 11.1 Å². The van der Waals surface area contributed by atoms with Crippen molar-refractivity contribution in [3.05, 3.63) is 78.0 Å². The lowest BCUT2D eigenvalue weighted by molar-refractivity contribution is 0.654. The van der Waals surface area contributed by atoms with Crippen molar-refractivity contribution < 1.29 is 0 Å². The molecule has 0 aliphatic carbocycles. The Morgan fingerprint density at radius 1 is 0.967 bits per heavy atom. The molecule has 0 aliphatic rings. The van der Waals surface area contributed by atoms with Crippen LogP contribution >= 0.6 is 12.2 Å². The molecule has 0 unspecified atom stereocenters. The van der Waals surface area contributed by atoms with E-state index in [2.05, 4.69) is 51.9 Å². The SMILES string of the molecule is CCn1cc(Cn2cc(NC(=S)Nc3ccn(Cc4ccccc4C)n3)cn2)cn1. The van der Waals surface area contributed by atoms with E-state index in [1.807, 2.05) is 57.0 Å². The minimum absolute atomic E-state index is 0.467. The van der Waals surface area contributed by atoms with Crippen LogP contribution < -0.4 is 10.6 Å². The lowest BCUT2D eigenvalue weighted by Gasteiger charge is -2.07. The highest BCUT2D eigenvalue weighted by Crippen LogP contribution is 2.12. The van der Waals surface area contributed by atoms with Crippen LogP contribution in [0.1, 0.15) is 23.6 Å². The van der Waals surface area contributed by atoms with Crippen LogP contribution in [0.2, 0.25) is 0 Å². The molecule has 0 atom stereocenters. The van der Waals surface area contributed by atoms with E-state index in [-0.39, 0.29) is 0 Å². The summed E-state index contributed by atoms with van der Waals surface area (Å²) in [6, 6.07) is 10.2. The summed E-state index contributed by atoms with van der Waals surface area (Å²) in [4.78, 5) is 0. The normalized spacial score (nSPS) is 10.9. The first-order valence-corrected chi connectivity index (χ1v) is 10.2. The summed E-state index contributed by atoms with van der Waals surface area (Å²) in [5, 5.41) is 19.9. The fraction of sp³-hybridized carbons (Fsp3) is 0.238. The molecule has 154 valence electrons. The van der Waals surface area contributed by atoms with Gasteiger partial charge in [0.05, 0.1) is 31.2 Å². The predicted octanol–water partition coefficient (Wildman–Crippen LogP) is 3.51. The maximum absolute atomic E-state index is 5.41. The molecule has 0 radical (unpaired) electrons. The third-order valence-electron chi connectivity index (χ3n) is 4.72. The number of thiocarbonyl (C=S) groups is 1. The lowest BCUT2D eigenvalue weighted by atomic mass is 10.1. The number of nitrogens with zero attached hydrogens (tertiary/aromatic N) is 6. The van der Waals surface area contributed by atoms with Gasteiger partial charge in [0, 0.05) is 36.8 Å². The van der Waals surface area contributed by atoms with Crippen LogP contribution in [-0.4, -0.2) is 34.5 Å². The number of aryl methyl sites for hydroxylation is 2. The van der Waals surface area contributed by atoms with Crippen molar-refractivity contribution in [1.29, 1.82) is 0 Å². The average Bonchev–Trinajstić information content (AvgIpc) is 3.46. The number of aromatic nitrogens is 6. The zero-order chi connectivity index (χ0) is 20.9. The molecule has 2 N–H and O–H groups in total. The van der Waals surface area contributed by atoms with Crippen molar-refractivity contribution in [2.24, 2.45) is 0 Å². The predicted molar refractivity (Wildman–Crippen MR) is 122 cm³/mol. The fourth-order valence-electron chi connectivity index (χ4n) is 3.12. The molecule has 0 saturated carbocycles. The van der Waals surface area contributed by atoms with Gasteiger partial charge < -0.3 is 10.6 Å². The number of nitrogens with one attached hydrogen (secondary N) is 2. The Kier molecular flexibility index (Phi) is 5.89. The summed E-state index contributed by atoms with van der Waals surface area (Å²) in [5.41, 5.74) is 4.41. The summed E-state index contributed by atoms with van der Waals surface area (Å²) in [6.45, 7) is 6.40. The fourth-order valence-corrected chi connectivity index (χ4v) is 3.34. The Hall–Kier alpha value is -3.46. The molecule has 4 aromatic rings. The van der Waals surface area contributed by atoms with E-state index < -0.39 is 0 Å². The molecular weight excluding hydrogens is 396 g/mol. The minimum Gasteiger partial charge on any atom is -0.330 e. The Morgan fingerprint density at radius 3 is 2.60 bits per heavy atom. The van der Waals surface area contributed by atoms with Gasteiger partial charge in [-0.05, 0) is 37.2 Å². The van der Waals surface area contributed by atoms with Gasteiger partial charge in [-0.3, -0.25) is 14.0 Å². The van der Waals surface area contributed by atoms with Gasteiger partial charge >= 0.3 is 0 Å². The largest absolute Gasteiger partial charge is 0.330 e. The van der Waals surface area contributed by atoms with Crippen molar-refractivity contribution in [3.8, 4) is 0 Å². The summed E-state index contributed by atoms with van der Waals surface area (Å²) in [5.74, 6) is 0.695. The maximum atomic E-state index is 5.41. The van der Waals surface area contributed by atoms with E-state index >= 15 is 0 Å². The van der Waals surface area contributed by atoms with E-state index in [1.54, 1.807) is 6.20 Å². The zero-order valence-electron chi connectivity index (χ0n) is 17.0. The molecule has 3 aromatic heterocycles. The quantitative estimate of drug-likeness (QED) is 0.446.